The van der Waals surface area contributed by atoms with Crippen molar-refractivity contribution >= 4 is 58.9 Å². The second-order valence-electron chi connectivity index (χ2n) is 10.1. The normalized spacial score (nSPS) is 12.1. The van der Waals surface area contributed by atoms with E-state index in [4.69, 9.17) is 11.5 Å². The van der Waals surface area contributed by atoms with Crippen molar-refractivity contribution in [1.82, 2.24) is 3.71 Å². The van der Waals surface area contributed by atoms with Gasteiger partial charge in [-0.05, 0) is 37.1 Å². The van der Waals surface area contributed by atoms with E-state index in [1.165, 1.54) is 12.1 Å². The predicted octanol–water partition coefficient (Wildman–Crippen LogP) is 3.56. The number of unbranched alkanes of at least 4 members (excludes halogenated alkanes) is 1. The lowest BCUT2D eigenvalue weighted by Gasteiger charge is -2.25. The SMILES string of the molecule is CN(C)c1cccc2c(S(=O)(=O)N(CCCCN=C(N)N)S(=O)(=O)c3cccc4c(N(C)C)cccc34)cccc12. The quantitative estimate of drug-likeness (QED) is 0.152. The fourth-order valence-corrected chi connectivity index (χ4v) is 9.01. The zero-order chi connectivity index (χ0) is 29.9. The molecule has 0 atom stereocenters. The Hall–Kier alpha value is -3.87. The maximum Gasteiger partial charge on any atom is 0.256 e. The number of hydrogen-bond donors (Lipinski definition) is 2. The molecule has 0 saturated carbocycles. The largest absolute Gasteiger partial charge is 0.377 e. The van der Waals surface area contributed by atoms with Crippen LogP contribution in [0.1, 0.15) is 12.8 Å². The Balaban J connectivity index is 1.91. The van der Waals surface area contributed by atoms with E-state index in [0.29, 0.717) is 31.7 Å². The summed E-state index contributed by atoms with van der Waals surface area (Å²) in [4.78, 5) is 7.55. The number of sulfonamides is 2. The van der Waals surface area contributed by atoms with E-state index in [1.54, 1.807) is 36.4 Å². The molecule has 0 unspecified atom stereocenters. The number of fused-ring (bicyclic) bond motifs is 2. The summed E-state index contributed by atoms with van der Waals surface area (Å²) in [6, 6.07) is 20.5. The summed E-state index contributed by atoms with van der Waals surface area (Å²) in [7, 11) is -1.62. The minimum atomic E-state index is -4.54. The van der Waals surface area contributed by atoms with E-state index in [2.05, 4.69) is 4.99 Å². The highest BCUT2D eigenvalue weighted by Crippen LogP contribution is 2.36. The Morgan fingerprint density at radius 2 is 1.05 bits per heavy atom. The first-order valence-corrected chi connectivity index (χ1v) is 16.0. The summed E-state index contributed by atoms with van der Waals surface area (Å²) < 4.78 is 58.2. The van der Waals surface area contributed by atoms with Gasteiger partial charge in [-0.1, -0.05) is 52.2 Å². The zero-order valence-electron chi connectivity index (χ0n) is 23.6. The van der Waals surface area contributed by atoms with Gasteiger partial charge in [-0.15, -0.1) is 0 Å². The maximum atomic E-state index is 14.4. The molecule has 0 fully saturated rings. The molecule has 218 valence electrons. The molecule has 12 heteroatoms. The third kappa shape index (κ3) is 5.95. The van der Waals surface area contributed by atoms with E-state index < -0.39 is 20.0 Å². The molecule has 0 bridgehead atoms. The van der Waals surface area contributed by atoms with Crippen LogP contribution in [0.25, 0.3) is 21.5 Å². The number of benzene rings is 4. The molecule has 0 aliphatic heterocycles. The van der Waals surface area contributed by atoms with Crippen LogP contribution in [0.15, 0.2) is 87.6 Å². The lowest BCUT2D eigenvalue weighted by molar-refractivity contribution is 0.487. The summed E-state index contributed by atoms with van der Waals surface area (Å²) in [5.74, 6) is -0.0815. The molecule has 0 aliphatic rings. The molecule has 0 amide bonds. The summed E-state index contributed by atoms with van der Waals surface area (Å²) in [6.45, 7) is -0.0324. The van der Waals surface area contributed by atoms with Crippen LogP contribution in [0.3, 0.4) is 0 Å². The monoisotopic (exact) mass is 596 g/mol. The standard InChI is InChI=1S/C29H36N6O4S2/c1-33(2)25-15-7-13-23-21(25)11-9-17-27(23)40(36,37)35(20-6-5-19-32-29(30)31)41(38,39)28-18-10-12-22-24(28)14-8-16-26(22)34(3)4/h7-18H,5-6,19-20H2,1-4H3,(H4,30,31,32). The second kappa shape index (κ2) is 11.9. The lowest BCUT2D eigenvalue weighted by atomic mass is 10.1. The number of anilines is 2. The molecular weight excluding hydrogens is 560 g/mol. The van der Waals surface area contributed by atoms with Gasteiger partial charge in [0.1, 0.15) is 0 Å². The third-order valence-electron chi connectivity index (χ3n) is 6.82. The summed E-state index contributed by atoms with van der Waals surface area (Å²) in [5.41, 5.74) is 12.5. The minimum absolute atomic E-state index is 0.0815. The van der Waals surface area contributed by atoms with Crippen molar-refractivity contribution in [2.45, 2.75) is 22.6 Å². The van der Waals surface area contributed by atoms with Gasteiger partial charge in [-0.3, -0.25) is 4.99 Å². The van der Waals surface area contributed by atoms with Gasteiger partial charge in [-0.25, -0.2) is 16.8 Å². The number of aliphatic imine (C=N–C) groups is 1. The van der Waals surface area contributed by atoms with Crippen LogP contribution < -0.4 is 21.3 Å². The summed E-state index contributed by atoms with van der Waals surface area (Å²) >= 11 is 0. The summed E-state index contributed by atoms with van der Waals surface area (Å²) in [5, 5.41) is 2.27. The topological polar surface area (TPSA) is 142 Å². The van der Waals surface area contributed by atoms with Crippen molar-refractivity contribution in [2.24, 2.45) is 16.5 Å². The average molecular weight is 597 g/mol. The van der Waals surface area contributed by atoms with E-state index in [0.717, 1.165) is 11.4 Å². The number of hydrogen-bond acceptors (Lipinski definition) is 7. The highest BCUT2D eigenvalue weighted by Gasteiger charge is 2.38. The highest BCUT2D eigenvalue weighted by atomic mass is 32.3. The molecule has 0 spiro atoms. The number of rotatable bonds is 11. The first kappa shape index (κ1) is 30.1. The number of nitrogens with zero attached hydrogens (tertiary/aromatic N) is 4. The van der Waals surface area contributed by atoms with E-state index >= 15 is 0 Å². The first-order chi connectivity index (χ1) is 19.4. The first-order valence-electron chi connectivity index (χ1n) is 13.1. The van der Waals surface area contributed by atoms with Gasteiger partial charge in [0.15, 0.2) is 5.96 Å². The van der Waals surface area contributed by atoms with Crippen LogP contribution in [0.4, 0.5) is 11.4 Å². The molecule has 4 rings (SSSR count). The smallest absolute Gasteiger partial charge is 0.256 e. The minimum Gasteiger partial charge on any atom is -0.377 e. The van der Waals surface area contributed by atoms with Crippen molar-refractivity contribution in [2.75, 3.05) is 51.1 Å². The number of nitrogens with two attached hydrogens (primary N) is 2. The molecular formula is C29H36N6O4S2. The lowest BCUT2D eigenvalue weighted by Crippen LogP contribution is -2.38. The van der Waals surface area contributed by atoms with Crippen LogP contribution >= 0.6 is 0 Å². The molecule has 0 saturated heterocycles. The van der Waals surface area contributed by atoms with Crippen molar-refractivity contribution < 1.29 is 16.8 Å². The molecule has 4 aromatic rings. The fraction of sp³-hybridized carbons (Fsp3) is 0.276. The molecule has 0 radical (unpaired) electrons. The van der Waals surface area contributed by atoms with Gasteiger partial charge in [0.2, 0.25) is 0 Å². The Labute approximate surface area is 242 Å². The molecule has 41 heavy (non-hydrogen) atoms. The molecule has 0 aromatic heterocycles. The number of guanidine groups is 1. The van der Waals surface area contributed by atoms with Crippen LogP contribution in [0, 0.1) is 0 Å². The molecule has 10 nitrogen and oxygen atoms in total. The second-order valence-corrected chi connectivity index (χ2v) is 14.0. The van der Waals surface area contributed by atoms with Crippen LogP contribution in [0.5, 0.6) is 0 Å². The Kier molecular flexibility index (Phi) is 8.76. The Bertz CT molecular complexity index is 1690. The van der Waals surface area contributed by atoms with Gasteiger partial charge < -0.3 is 21.3 Å². The van der Waals surface area contributed by atoms with Crippen LogP contribution in [0.2, 0.25) is 0 Å². The highest BCUT2D eigenvalue weighted by molar-refractivity contribution is 8.04. The summed E-state index contributed by atoms with van der Waals surface area (Å²) in [6.07, 6.45) is 0.608. The van der Waals surface area contributed by atoms with Crippen LogP contribution in [-0.4, -0.2) is 67.8 Å². The van der Waals surface area contributed by atoms with Gasteiger partial charge in [0.05, 0.1) is 9.79 Å². The van der Waals surface area contributed by atoms with E-state index in [9.17, 15) is 16.8 Å². The van der Waals surface area contributed by atoms with Crippen LogP contribution in [-0.2, 0) is 20.0 Å². The molecule has 4 N–H and O–H groups in total. The average Bonchev–Trinajstić information content (AvgIpc) is 2.92. The van der Waals surface area contributed by atoms with E-state index in [-0.39, 0.29) is 35.3 Å². The maximum absolute atomic E-state index is 14.4. The van der Waals surface area contributed by atoms with Gasteiger partial charge in [0.25, 0.3) is 20.0 Å². The Morgan fingerprint density at radius 1 is 0.634 bits per heavy atom. The van der Waals surface area contributed by atoms with Gasteiger partial charge in [-0.2, -0.15) is 0 Å². The fourth-order valence-electron chi connectivity index (χ4n) is 4.91. The zero-order valence-corrected chi connectivity index (χ0v) is 25.3. The molecule has 4 aromatic carbocycles. The van der Waals surface area contributed by atoms with Crippen molar-refractivity contribution in [3.8, 4) is 0 Å². The molecule has 0 heterocycles. The third-order valence-corrected chi connectivity index (χ3v) is 11.3. The van der Waals surface area contributed by atoms with Crippen molar-refractivity contribution in [3.63, 3.8) is 0 Å². The molecule has 0 aliphatic carbocycles. The predicted molar refractivity (Wildman–Crippen MR) is 168 cm³/mol. The van der Waals surface area contributed by atoms with Crippen molar-refractivity contribution in [3.05, 3.63) is 72.8 Å². The van der Waals surface area contributed by atoms with Gasteiger partial charge in [0, 0.05) is 74.2 Å². The van der Waals surface area contributed by atoms with Crippen molar-refractivity contribution in [1.29, 1.82) is 0 Å². The van der Waals surface area contributed by atoms with Gasteiger partial charge >= 0.3 is 0 Å². The Morgan fingerprint density at radius 3 is 1.46 bits per heavy atom. The van der Waals surface area contributed by atoms with E-state index in [1.807, 2.05) is 62.3 Å².